The van der Waals surface area contributed by atoms with Crippen LogP contribution >= 0.6 is 0 Å². The van der Waals surface area contributed by atoms with E-state index in [1.165, 1.54) is 19.3 Å². The van der Waals surface area contributed by atoms with Crippen LogP contribution in [-0.4, -0.2) is 43.0 Å². The summed E-state index contributed by atoms with van der Waals surface area (Å²) in [6.07, 6.45) is 3.70. The third-order valence-electron chi connectivity index (χ3n) is 3.98. The number of nitrogens with two attached hydrogens (primary N) is 1. The molecule has 1 amide bonds. The zero-order valence-electron chi connectivity index (χ0n) is 12.1. The summed E-state index contributed by atoms with van der Waals surface area (Å²) < 4.78 is 0. The summed E-state index contributed by atoms with van der Waals surface area (Å²) in [5.41, 5.74) is 5.34. The van der Waals surface area contributed by atoms with Crippen LogP contribution in [0.15, 0.2) is 0 Å². The largest absolute Gasteiger partial charge is 0.369 e. The molecule has 4 heteroatoms. The van der Waals surface area contributed by atoms with Crippen LogP contribution in [0, 0.1) is 11.8 Å². The molecule has 106 valence electrons. The molecule has 1 aliphatic rings. The van der Waals surface area contributed by atoms with Gasteiger partial charge >= 0.3 is 0 Å². The van der Waals surface area contributed by atoms with Crippen molar-refractivity contribution in [1.29, 1.82) is 0 Å². The van der Waals surface area contributed by atoms with E-state index < -0.39 is 0 Å². The molecule has 3 unspecified atom stereocenters. The molecular weight excluding hydrogens is 226 g/mol. The summed E-state index contributed by atoms with van der Waals surface area (Å²) >= 11 is 0. The van der Waals surface area contributed by atoms with Crippen molar-refractivity contribution in [1.82, 2.24) is 10.2 Å². The van der Waals surface area contributed by atoms with E-state index >= 15 is 0 Å². The monoisotopic (exact) mass is 255 g/mol. The summed E-state index contributed by atoms with van der Waals surface area (Å²) in [5, 5.41) is 3.58. The summed E-state index contributed by atoms with van der Waals surface area (Å²) in [6.45, 7) is 10.5. The Hall–Kier alpha value is -0.610. The van der Waals surface area contributed by atoms with E-state index in [2.05, 4.69) is 24.1 Å². The number of nitrogens with one attached hydrogen (secondary N) is 1. The van der Waals surface area contributed by atoms with Gasteiger partial charge in [-0.25, -0.2) is 0 Å². The molecule has 1 aliphatic heterocycles. The lowest BCUT2D eigenvalue weighted by atomic mass is 9.91. The second kappa shape index (κ2) is 7.74. The summed E-state index contributed by atoms with van der Waals surface area (Å²) in [7, 11) is 0. The zero-order chi connectivity index (χ0) is 13.5. The quantitative estimate of drug-likeness (QED) is 0.719. The topological polar surface area (TPSA) is 58.4 Å². The normalized spacial score (nSPS) is 24.7. The maximum atomic E-state index is 11.1. The number of hydrogen-bond donors (Lipinski definition) is 2. The third kappa shape index (κ3) is 4.94. The fraction of sp³-hybridized carbons (Fsp3) is 0.929. The lowest BCUT2D eigenvalue weighted by Gasteiger charge is -2.37. The van der Waals surface area contributed by atoms with Crippen LogP contribution in [0.2, 0.25) is 0 Å². The fourth-order valence-electron chi connectivity index (χ4n) is 2.68. The lowest BCUT2D eigenvalue weighted by molar-refractivity contribution is -0.122. The van der Waals surface area contributed by atoms with Crippen LogP contribution in [0.4, 0.5) is 0 Å². The first-order valence-electron chi connectivity index (χ1n) is 7.29. The van der Waals surface area contributed by atoms with Gasteiger partial charge in [-0.15, -0.1) is 0 Å². The Bertz CT molecular complexity index is 257. The maximum absolute atomic E-state index is 11.1. The Balaban J connectivity index is 2.38. The minimum absolute atomic E-state index is 0.0392. The molecule has 0 radical (unpaired) electrons. The predicted octanol–water partition coefficient (Wildman–Crippen LogP) is 1.21. The Labute approximate surface area is 111 Å². The van der Waals surface area contributed by atoms with Gasteiger partial charge in [0.05, 0.1) is 0 Å². The van der Waals surface area contributed by atoms with E-state index in [4.69, 9.17) is 5.73 Å². The first-order valence-corrected chi connectivity index (χ1v) is 7.29. The lowest BCUT2D eigenvalue weighted by Crippen LogP contribution is -2.46. The van der Waals surface area contributed by atoms with Gasteiger partial charge in [-0.1, -0.05) is 13.8 Å². The molecular formula is C14H29N3O. The van der Waals surface area contributed by atoms with E-state index in [0.717, 1.165) is 26.2 Å². The number of rotatable bonds is 7. The van der Waals surface area contributed by atoms with Crippen molar-refractivity contribution in [3.63, 3.8) is 0 Å². The van der Waals surface area contributed by atoms with Gasteiger partial charge < -0.3 is 16.0 Å². The Morgan fingerprint density at radius 1 is 1.50 bits per heavy atom. The average Bonchev–Trinajstić information content (AvgIpc) is 2.36. The highest BCUT2D eigenvalue weighted by Crippen LogP contribution is 2.20. The summed E-state index contributed by atoms with van der Waals surface area (Å²) in [6, 6.07) is 0.566. The average molecular weight is 255 g/mol. The number of hydrogen-bond acceptors (Lipinski definition) is 3. The number of nitrogens with zero attached hydrogens (tertiary/aromatic N) is 1. The Morgan fingerprint density at radius 2 is 2.22 bits per heavy atom. The number of likely N-dealkylation sites (tertiary alicyclic amines) is 1. The number of carbonyl (C=O) groups is 1. The first-order chi connectivity index (χ1) is 8.54. The second-order valence-electron chi connectivity index (χ2n) is 5.71. The maximum Gasteiger partial charge on any atom is 0.221 e. The van der Waals surface area contributed by atoms with Crippen LogP contribution < -0.4 is 11.1 Å². The standard InChI is InChI=1S/C14H29N3O/c1-4-7-16-12(3)13-6-5-8-17(10-13)9-11(2)14(15)18/h11-13,16H,4-10H2,1-3H3,(H2,15,18). The van der Waals surface area contributed by atoms with Gasteiger partial charge in [-0.05, 0) is 45.2 Å². The van der Waals surface area contributed by atoms with Gasteiger partial charge in [0.2, 0.25) is 5.91 Å². The molecule has 0 aromatic rings. The van der Waals surface area contributed by atoms with Crippen LogP contribution in [0.3, 0.4) is 0 Å². The summed E-state index contributed by atoms with van der Waals surface area (Å²) in [5.74, 6) is 0.474. The second-order valence-corrected chi connectivity index (χ2v) is 5.71. The molecule has 0 saturated carbocycles. The molecule has 0 bridgehead atoms. The third-order valence-corrected chi connectivity index (χ3v) is 3.98. The van der Waals surface area contributed by atoms with Crippen molar-refractivity contribution >= 4 is 5.91 Å². The molecule has 3 N–H and O–H groups in total. The highest BCUT2D eigenvalue weighted by molar-refractivity contribution is 5.76. The van der Waals surface area contributed by atoms with Gasteiger partial charge in [-0.2, -0.15) is 0 Å². The minimum Gasteiger partial charge on any atom is -0.369 e. The van der Waals surface area contributed by atoms with Crippen LogP contribution in [0.25, 0.3) is 0 Å². The van der Waals surface area contributed by atoms with Crippen LogP contribution in [-0.2, 0) is 4.79 Å². The number of amides is 1. The van der Waals surface area contributed by atoms with Crippen LogP contribution in [0.1, 0.15) is 40.0 Å². The molecule has 18 heavy (non-hydrogen) atoms. The van der Waals surface area contributed by atoms with Gasteiger partial charge in [0.1, 0.15) is 0 Å². The van der Waals surface area contributed by atoms with E-state index in [9.17, 15) is 4.79 Å². The highest BCUT2D eigenvalue weighted by Gasteiger charge is 2.25. The minimum atomic E-state index is -0.186. The molecule has 1 saturated heterocycles. The van der Waals surface area contributed by atoms with E-state index in [-0.39, 0.29) is 11.8 Å². The highest BCUT2D eigenvalue weighted by atomic mass is 16.1. The Morgan fingerprint density at radius 3 is 2.83 bits per heavy atom. The molecule has 1 heterocycles. The molecule has 1 fully saturated rings. The van der Waals surface area contributed by atoms with Gasteiger partial charge in [0.15, 0.2) is 0 Å². The van der Waals surface area contributed by atoms with Crippen LogP contribution in [0.5, 0.6) is 0 Å². The van der Waals surface area contributed by atoms with E-state index in [1.54, 1.807) is 0 Å². The Kier molecular flexibility index (Phi) is 6.65. The molecule has 4 nitrogen and oxygen atoms in total. The molecule has 0 spiro atoms. The smallest absolute Gasteiger partial charge is 0.221 e. The molecule has 3 atom stereocenters. The van der Waals surface area contributed by atoms with Crippen molar-refractivity contribution in [3.05, 3.63) is 0 Å². The van der Waals surface area contributed by atoms with Crippen molar-refractivity contribution in [2.45, 2.75) is 46.1 Å². The molecule has 1 rings (SSSR count). The first kappa shape index (κ1) is 15.4. The van der Waals surface area contributed by atoms with E-state index in [1.807, 2.05) is 6.92 Å². The van der Waals surface area contributed by atoms with Crippen molar-refractivity contribution < 1.29 is 4.79 Å². The SMILES string of the molecule is CCCNC(C)C1CCCN(CC(C)C(N)=O)C1. The van der Waals surface area contributed by atoms with Gasteiger partial charge in [-0.3, -0.25) is 4.79 Å². The zero-order valence-corrected chi connectivity index (χ0v) is 12.1. The van der Waals surface area contributed by atoms with Crippen molar-refractivity contribution in [3.8, 4) is 0 Å². The molecule has 0 aromatic heterocycles. The summed E-state index contributed by atoms with van der Waals surface area (Å²) in [4.78, 5) is 13.5. The van der Waals surface area contributed by atoms with E-state index in [0.29, 0.717) is 12.0 Å². The molecule has 0 aliphatic carbocycles. The van der Waals surface area contributed by atoms with Gasteiger partial charge in [0.25, 0.3) is 0 Å². The molecule has 0 aromatic carbocycles. The fourth-order valence-corrected chi connectivity index (χ4v) is 2.68. The van der Waals surface area contributed by atoms with Gasteiger partial charge in [0, 0.05) is 25.0 Å². The number of piperidine rings is 1. The van der Waals surface area contributed by atoms with Crippen molar-refractivity contribution in [2.75, 3.05) is 26.2 Å². The predicted molar refractivity (Wildman–Crippen MR) is 75.3 cm³/mol. The van der Waals surface area contributed by atoms with Crippen molar-refractivity contribution in [2.24, 2.45) is 17.6 Å². The number of primary amides is 1. The number of carbonyl (C=O) groups excluding carboxylic acids is 1.